The zero-order valence-corrected chi connectivity index (χ0v) is 19.5. The van der Waals surface area contributed by atoms with Gasteiger partial charge in [-0.2, -0.15) is 0 Å². The van der Waals surface area contributed by atoms with Crippen molar-refractivity contribution < 1.29 is 4.74 Å². The van der Waals surface area contributed by atoms with Gasteiger partial charge in [0.15, 0.2) is 5.11 Å². The van der Waals surface area contributed by atoms with E-state index in [2.05, 4.69) is 87.5 Å². The molecule has 6 heteroatoms. The van der Waals surface area contributed by atoms with Crippen molar-refractivity contribution in [3.63, 3.8) is 0 Å². The largest absolute Gasteiger partial charge is 0.497 e. The summed E-state index contributed by atoms with van der Waals surface area (Å²) < 4.78 is 7.56. The van der Waals surface area contributed by atoms with Gasteiger partial charge in [0.05, 0.1) is 18.8 Å². The average Bonchev–Trinajstić information content (AvgIpc) is 3.49. The van der Waals surface area contributed by atoms with Crippen LogP contribution in [-0.4, -0.2) is 21.8 Å². The summed E-state index contributed by atoms with van der Waals surface area (Å²) in [7, 11) is 1.68. The molecule has 5 nitrogen and oxygen atoms in total. The number of nitrogens with one attached hydrogen (secondary N) is 1. The molecule has 2 aromatic carbocycles. The molecule has 1 N–H and O–H groups in total. The molecule has 0 radical (unpaired) electrons. The lowest BCUT2D eigenvalue weighted by Gasteiger charge is -2.29. The second-order valence-electron chi connectivity index (χ2n) is 8.02. The van der Waals surface area contributed by atoms with Gasteiger partial charge >= 0.3 is 0 Å². The van der Waals surface area contributed by atoms with Crippen LogP contribution in [0.3, 0.4) is 0 Å². The summed E-state index contributed by atoms with van der Waals surface area (Å²) in [4.78, 5) is 6.87. The van der Waals surface area contributed by atoms with Crippen molar-refractivity contribution >= 4 is 23.0 Å². The topological polar surface area (TPSA) is 42.3 Å². The predicted octanol–water partition coefficient (Wildman–Crippen LogP) is 5.62. The molecule has 2 aromatic heterocycles. The quantitative estimate of drug-likeness (QED) is 0.383. The Kier molecular flexibility index (Phi) is 5.84. The van der Waals surface area contributed by atoms with E-state index < -0.39 is 0 Å². The summed E-state index contributed by atoms with van der Waals surface area (Å²) in [6.45, 7) is 2.17. The molecule has 0 spiro atoms. The number of hydrogen-bond donors (Lipinski definition) is 1. The number of aryl methyl sites for hydroxylation is 1. The highest BCUT2D eigenvalue weighted by atomic mass is 32.1. The Morgan fingerprint density at radius 1 is 0.939 bits per heavy atom. The summed E-state index contributed by atoms with van der Waals surface area (Å²) in [5.41, 5.74) is 5.52. The fourth-order valence-corrected chi connectivity index (χ4v) is 4.78. The number of nitrogens with zero attached hydrogens (tertiary/aromatic N) is 3. The third-order valence-electron chi connectivity index (χ3n) is 6.15. The number of methoxy groups -OCH3 is 1. The average molecular weight is 455 g/mol. The second kappa shape index (κ2) is 9.08. The van der Waals surface area contributed by atoms with E-state index in [4.69, 9.17) is 17.0 Å². The highest BCUT2D eigenvalue weighted by Gasteiger charge is 2.42. The summed E-state index contributed by atoms with van der Waals surface area (Å²) in [5, 5.41) is 4.24. The molecule has 0 aliphatic carbocycles. The van der Waals surface area contributed by atoms with Crippen LogP contribution in [0.5, 0.6) is 5.75 Å². The zero-order chi connectivity index (χ0) is 22.8. The maximum absolute atomic E-state index is 5.87. The van der Waals surface area contributed by atoms with Gasteiger partial charge in [-0.15, -0.1) is 0 Å². The Bertz CT molecular complexity index is 1240. The molecule has 4 aromatic rings. The van der Waals surface area contributed by atoms with Crippen LogP contribution in [0.2, 0.25) is 0 Å². The predicted molar refractivity (Wildman–Crippen MR) is 136 cm³/mol. The first-order chi connectivity index (χ1) is 16.2. The fourth-order valence-electron chi connectivity index (χ4n) is 4.44. The van der Waals surface area contributed by atoms with E-state index >= 15 is 0 Å². The molecule has 1 aliphatic heterocycles. The molecular formula is C27H26N4OS. The SMILES string of the molecule is CCc1ccc(N2C(=S)N[C@H](c3ccccn3)[C@H]2c2cccn2-c2ccc(OC)cc2)cc1. The van der Waals surface area contributed by atoms with Gasteiger partial charge in [-0.3, -0.25) is 4.98 Å². The standard InChI is InChI=1S/C27H26N4OS/c1-3-19-9-11-21(12-10-19)31-26(25(29-27(31)33)23-7-4-5-17-28-23)24-8-6-18-30(24)20-13-15-22(32-2)16-14-20/h4-18,25-26H,3H2,1-2H3,(H,29,33)/t25-,26-/m1/s1. The molecule has 2 atom stereocenters. The molecule has 0 bridgehead atoms. The van der Waals surface area contributed by atoms with E-state index in [-0.39, 0.29) is 12.1 Å². The van der Waals surface area contributed by atoms with Crippen LogP contribution < -0.4 is 15.0 Å². The van der Waals surface area contributed by atoms with Gasteiger partial charge in [0.2, 0.25) is 0 Å². The molecule has 0 saturated carbocycles. The Morgan fingerprint density at radius 3 is 2.36 bits per heavy atom. The van der Waals surface area contributed by atoms with E-state index in [1.54, 1.807) is 7.11 Å². The summed E-state index contributed by atoms with van der Waals surface area (Å²) in [5.74, 6) is 0.833. The number of benzene rings is 2. The monoisotopic (exact) mass is 454 g/mol. The molecule has 0 amide bonds. The Balaban J connectivity index is 1.62. The lowest BCUT2D eigenvalue weighted by Crippen LogP contribution is -2.30. The summed E-state index contributed by atoms with van der Waals surface area (Å²) >= 11 is 5.87. The van der Waals surface area contributed by atoms with E-state index in [9.17, 15) is 0 Å². The van der Waals surface area contributed by atoms with Crippen LogP contribution in [0, 0.1) is 0 Å². The Morgan fingerprint density at radius 2 is 1.70 bits per heavy atom. The van der Waals surface area contributed by atoms with Crippen LogP contribution in [-0.2, 0) is 6.42 Å². The molecule has 33 heavy (non-hydrogen) atoms. The van der Waals surface area contributed by atoms with E-state index in [0.717, 1.165) is 34.9 Å². The Labute approximate surface area is 199 Å². The van der Waals surface area contributed by atoms with Crippen LogP contribution in [0.15, 0.2) is 91.3 Å². The van der Waals surface area contributed by atoms with Gasteiger partial charge in [-0.25, -0.2) is 0 Å². The second-order valence-corrected chi connectivity index (χ2v) is 8.40. The van der Waals surface area contributed by atoms with Gasteiger partial charge < -0.3 is 19.5 Å². The number of rotatable bonds is 6. The van der Waals surface area contributed by atoms with Crippen molar-refractivity contribution in [3.05, 3.63) is 108 Å². The maximum Gasteiger partial charge on any atom is 0.174 e. The smallest absolute Gasteiger partial charge is 0.174 e. The number of aromatic nitrogens is 2. The normalized spacial score (nSPS) is 17.8. The van der Waals surface area contributed by atoms with Gasteiger partial charge in [-0.1, -0.05) is 25.1 Å². The first-order valence-corrected chi connectivity index (χ1v) is 11.5. The molecular weight excluding hydrogens is 428 g/mol. The third-order valence-corrected chi connectivity index (χ3v) is 6.47. The summed E-state index contributed by atoms with van der Waals surface area (Å²) in [6.07, 6.45) is 4.92. The lowest BCUT2D eigenvalue weighted by atomic mass is 10.0. The van der Waals surface area contributed by atoms with Gasteiger partial charge in [0.1, 0.15) is 11.8 Å². The van der Waals surface area contributed by atoms with Gasteiger partial charge in [0.25, 0.3) is 0 Å². The lowest BCUT2D eigenvalue weighted by molar-refractivity contribution is 0.414. The van der Waals surface area contributed by atoms with Crippen molar-refractivity contribution in [2.45, 2.75) is 25.4 Å². The number of anilines is 1. The number of ether oxygens (including phenoxy) is 1. The van der Waals surface area contributed by atoms with Crippen molar-refractivity contribution in [2.24, 2.45) is 0 Å². The van der Waals surface area contributed by atoms with Crippen molar-refractivity contribution in [3.8, 4) is 11.4 Å². The van der Waals surface area contributed by atoms with Crippen molar-refractivity contribution in [2.75, 3.05) is 12.0 Å². The molecule has 5 rings (SSSR count). The van der Waals surface area contributed by atoms with Crippen LogP contribution >= 0.6 is 12.2 Å². The maximum atomic E-state index is 5.87. The molecule has 1 fully saturated rings. The zero-order valence-electron chi connectivity index (χ0n) is 18.7. The molecule has 3 heterocycles. The highest BCUT2D eigenvalue weighted by molar-refractivity contribution is 7.80. The first-order valence-electron chi connectivity index (χ1n) is 11.1. The molecule has 1 saturated heterocycles. The van der Waals surface area contributed by atoms with Gasteiger partial charge in [-0.05, 0) is 84.9 Å². The molecule has 166 valence electrons. The van der Waals surface area contributed by atoms with E-state index in [0.29, 0.717) is 5.11 Å². The molecule has 0 unspecified atom stereocenters. The minimum atomic E-state index is -0.0866. The fraction of sp³-hybridized carbons (Fsp3) is 0.185. The Hall–Kier alpha value is -3.64. The van der Waals surface area contributed by atoms with Crippen LogP contribution in [0.25, 0.3) is 5.69 Å². The van der Waals surface area contributed by atoms with E-state index in [1.807, 2.05) is 30.5 Å². The molecule has 1 aliphatic rings. The first kappa shape index (κ1) is 21.2. The minimum absolute atomic E-state index is 0.0722. The highest BCUT2D eigenvalue weighted by Crippen LogP contribution is 2.42. The van der Waals surface area contributed by atoms with E-state index in [1.165, 1.54) is 5.56 Å². The van der Waals surface area contributed by atoms with Crippen LogP contribution in [0.1, 0.15) is 36.0 Å². The van der Waals surface area contributed by atoms with Crippen LogP contribution in [0.4, 0.5) is 5.69 Å². The minimum Gasteiger partial charge on any atom is -0.497 e. The number of hydrogen-bond acceptors (Lipinski definition) is 3. The number of thiocarbonyl (C=S) groups is 1. The van der Waals surface area contributed by atoms with Crippen molar-refractivity contribution in [1.82, 2.24) is 14.9 Å². The summed E-state index contributed by atoms with van der Waals surface area (Å²) in [6, 6.07) is 26.8. The van der Waals surface area contributed by atoms with Gasteiger partial charge in [0, 0.05) is 29.5 Å². The number of pyridine rings is 1. The van der Waals surface area contributed by atoms with Crippen molar-refractivity contribution in [1.29, 1.82) is 0 Å². The third kappa shape index (κ3) is 3.98.